The number of benzene rings is 2. The number of non-ortho nitro benzene ring substituents is 1. The van der Waals surface area contributed by atoms with Gasteiger partial charge in [0.25, 0.3) is 5.69 Å². The second kappa shape index (κ2) is 6.06. The lowest BCUT2D eigenvalue weighted by Crippen LogP contribution is -2.17. The van der Waals surface area contributed by atoms with Crippen molar-refractivity contribution in [2.75, 3.05) is 11.4 Å². The zero-order valence-corrected chi connectivity index (χ0v) is 11.9. The van der Waals surface area contributed by atoms with Crippen molar-refractivity contribution in [3.05, 3.63) is 63.7 Å². The van der Waals surface area contributed by atoms with Crippen LogP contribution in [0.25, 0.3) is 0 Å². The van der Waals surface area contributed by atoms with Gasteiger partial charge in [-0.1, -0.05) is 12.1 Å². The largest absolute Gasteiger partial charge is 0.341 e. The number of nitro benzene ring substituents is 1. The van der Waals surface area contributed by atoms with Gasteiger partial charge >= 0.3 is 0 Å². The van der Waals surface area contributed by atoms with Crippen LogP contribution in [0.15, 0.2) is 42.5 Å². The van der Waals surface area contributed by atoms with E-state index < -0.39 is 4.92 Å². The lowest BCUT2D eigenvalue weighted by Gasteiger charge is -2.24. The number of nitriles is 1. The van der Waals surface area contributed by atoms with E-state index in [1.165, 1.54) is 12.1 Å². The Hall–Kier alpha value is -2.87. The lowest BCUT2D eigenvalue weighted by molar-refractivity contribution is -0.384. The van der Waals surface area contributed by atoms with Crippen LogP contribution >= 0.6 is 0 Å². The third-order valence-electron chi connectivity index (χ3n) is 3.23. The van der Waals surface area contributed by atoms with Crippen molar-refractivity contribution < 1.29 is 4.92 Å². The number of nitro groups is 1. The molecule has 2 aromatic carbocycles. The fourth-order valence-corrected chi connectivity index (χ4v) is 2.25. The lowest BCUT2D eigenvalue weighted by atomic mass is 10.1. The number of anilines is 2. The molecule has 2 rings (SSSR count). The molecule has 0 heterocycles. The molecule has 0 aliphatic rings. The zero-order valence-electron chi connectivity index (χ0n) is 11.9. The summed E-state index contributed by atoms with van der Waals surface area (Å²) in [4.78, 5) is 12.3. The molecule has 5 nitrogen and oxygen atoms in total. The summed E-state index contributed by atoms with van der Waals surface area (Å²) in [6.07, 6.45) is 0. The molecule has 0 unspecified atom stereocenters. The molecule has 0 atom stereocenters. The second-order valence-corrected chi connectivity index (χ2v) is 4.65. The van der Waals surface area contributed by atoms with E-state index in [0.717, 1.165) is 11.3 Å². The molecule has 5 heteroatoms. The Balaban J connectivity index is 2.53. The standard InChI is InChI=1S/C16H15N3O2/c1-3-18(14-6-4-5-12(2)9-14)16-8-7-15(19(20)21)10-13(16)11-17/h4-10H,3H2,1-2H3. The van der Waals surface area contributed by atoms with Gasteiger partial charge in [0.2, 0.25) is 0 Å². The summed E-state index contributed by atoms with van der Waals surface area (Å²) in [6.45, 7) is 4.64. The van der Waals surface area contributed by atoms with E-state index in [1.54, 1.807) is 6.07 Å². The monoisotopic (exact) mass is 281 g/mol. The van der Waals surface area contributed by atoms with Crippen LogP contribution in [0.3, 0.4) is 0 Å². The Labute approximate surface area is 123 Å². The highest BCUT2D eigenvalue weighted by atomic mass is 16.6. The fraction of sp³-hybridized carbons (Fsp3) is 0.188. The van der Waals surface area contributed by atoms with Gasteiger partial charge in [0, 0.05) is 24.4 Å². The number of hydrogen-bond donors (Lipinski definition) is 0. The van der Waals surface area contributed by atoms with Crippen molar-refractivity contribution in [1.29, 1.82) is 5.26 Å². The van der Waals surface area contributed by atoms with E-state index in [-0.39, 0.29) is 5.69 Å². The first-order valence-corrected chi connectivity index (χ1v) is 6.59. The summed E-state index contributed by atoms with van der Waals surface area (Å²) in [7, 11) is 0. The Kier molecular flexibility index (Phi) is 4.19. The van der Waals surface area contributed by atoms with Crippen molar-refractivity contribution >= 4 is 17.1 Å². The Bertz CT molecular complexity index is 720. The first kappa shape index (κ1) is 14.5. The van der Waals surface area contributed by atoms with Crippen molar-refractivity contribution in [3.63, 3.8) is 0 Å². The molecular weight excluding hydrogens is 266 g/mol. The van der Waals surface area contributed by atoms with Gasteiger partial charge in [0.15, 0.2) is 0 Å². The average Bonchev–Trinajstić information content (AvgIpc) is 2.48. The van der Waals surface area contributed by atoms with Gasteiger partial charge in [0.05, 0.1) is 16.2 Å². The van der Waals surface area contributed by atoms with Gasteiger partial charge in [-0.05, 0) is 37.6 Å². The molecule has 0 aromatic heterocycles. The Morgan fingerprint density at radius 1 is 1.29 bits per heavy atom. The maximum Gasteiger partial charge on any atom is 0.270 e. The van der Waals surface area contributed by atoms with E-state index in [1.807, 2.05) is 49.1 Å². The van der Waals surface area contributed by atoms with Crippen LogP contribution in [0.2, 0.25) is 0 Å². The van der Waals surface area contributed by atoms with Crippen LogP contribution in [-0.2, 0) is 0 Å². The number of aryl methyl sites for hydroxylation is 1. The van der Waals surface area contributed by atoms with E-state index in [9.17, 15) is 15.4 Å². The maximum absolute atomic E-state index is 10.8. The molecule has 0 saturated carbocycles. The van der Waals surface area contributed by atoms with Gasteiger partial charge < -0.3 is 4.90 Å². The van der Waals surface area contributed by atoms with Crippen molar-refractivity contribution in [2.24, 2.45) is 0 Å². The quantitative estimate of drug-likeness (QED) is 0.628. The van der Waals surface area contributed by atoms with Crippen LogP contribution in [0, 0.1) is 28.4 Å². The number of nitrogens with zero attached hydrogens (tertiary/aromatic N) is 3. The minimum atomic E-state index is -0.492. The molecule has 0 N–H and O–H groups in total. The smallest absolute Gasteiger partial charge is 0.270 e. The van der Waals surface area contributed by atoms with Gasteiger partial charge in [-0.3, -0.25) is 10.1 Å². The van der Waals surface area contributed by atoms with Gasteiger partial charge in [-0.2, -0.15) is 5.26 Å². The Morgan fingerprint density at radius 3 is 2.62 bits per heavy atom. The zero-order chi connectivity index (χ0) is 15.4. The molecule has 0 aliphatic heterocycles. The van der Waals surface area contributed by atoms with Crippen LogP contribution in [0.4, 0.5) is 17.1 Å². The van der Waals surface area contributed by atoms with Crippen LogP contribution in [0.5, 0.6) is 0 Å². The molecule has 0 amide bonds. The van der Waals surface area contributed by atoms with E-state index in [4.69, 9.17) is 0 Å². The third kappa shape index (κ3) is 3.00. The van der Waals surface area contributed by atoms with E-state index in [2.05, 4.69) is 0 Å². The number of rotatable bonds is 4. The maximum atomic E-state index is 10.8. The summed E-state index contributed by atoms with van der Waals surface area (Å²) in [6, 6.07) is 14.3. The molecule has 0 fully saturated rings. The van der Waals surface area contributed by atoms with E-state index in [0.29, 0.717) is 17.8 Å². The highest BCUT2D eigenvalue weighted by molar-refractivity contribution is 5.71. The summed E-state index contributed by atoms with van der Waals surface area (Å²) < 4.78 is 0. The molecule has 0 aliphatic carbocycles. The second-order valence-electron chi connectivity index (χ2n) is 4.65. The molecule has 0 radical (unpaired) electrons. The molecule has 21 heavy (non-hydrogen) atoms. The normalized spacial score (nSPS) is 9.95. The highest BCUT2D eigenvalue weighted by Gasteiger charge is 2.16. The molecule has 0 bridgehead atoms. The van der Waals surface area contributed by atoms with Crippen molar-refractivity contribution in [2.45, 2.75) is 13.8 Å². The summed E-state index contributed by atoms with van der Waals surface area (Å²) in [5.41, 5.74) is 2.98. The van der Waals surface area contributed by atoms with E-state index >= 15 is 0 Å². The third-order valence-corrected chi connectivity index (χ3v) is 3.23. The summed E-state index contributed by atoms with van der Waals surface area (Å²) in [5, 5.41) is 20.1. The van der Waals surface area contributed by atoms with Crippen LogP contribution in [-0.4, -0.2) is 11.5 Å². The first-order valence-electron chi connectivity index (χ1n) is 6.59. The SMILES string of the molecule is CCN(c1cccc(C)c1)c1ccc([N+](=O)[O-])cc1C#N. The van der Waals surface area contributed by atoms with Gasteiger partial charge in [-0.25, -0.2) is 0 Å². The predicted octanol–water partition coefficient (Wildman–Crippen LogP) is 3.93. The summed E-state index contributed by atoms with van der Waals surface area (Å²) >= 11 is 0. The van der Waals surface area contributed by atoms with Crippen molar-refractivity contribution in [3.8, 4) is 6.07 Å². The molecule has 0 saturated heterocycles. The molecule has 106 valence electrons. The first-order chi connectivity index (χ1) is 10.1. The summed E-state index contributed by atoms with van der Waals surface area (Å²) in [5.74, 6) is 0. The highest BCUT2D eigenvalue weighted by Crippen LogP contribution is 2.31. The molecule has 0 spiro atoms. The number of hydrogen-bond acceptors (Lipinski definition) is 4. The van der Waals surface area contributed by atoms with Crippen LogP contribution in [0.1, 0.15) is 18.1 Å². The molecule has 2 aromatic rings. The predicted molar refractivity (Wildman–Crippen MR) is 81.7 cm³/mol. The van der Waals surface area contributed by atoms with Crippen molar-refractivity contribution in [1.82, 2.24) is 0 Å². The topological polar surface area (TPSA) is 70.2 Å². The molecular formula is C16H15N3O2. The Morgan fingerprint density at radius 2 is 2.05 bits per heavy atom. The van der Waals surface area contributed by atoms with Crippen LogP contribution < -0.4 is 4.90 Å². The average molecular weight is 281 g/mol. The fourth-order valence-electron chi connectivity index (χ4n) is 2.25. The van der Waals surface area contributed by atoms with Gasteiger partial charge in [-0.15, -0.1) is 0 Å². The minimum Gasteiger partial charge on any atom is -0.341 e. The minimum absolute atomic E-state index is 0.0735. The van der Waals surface area contributed by atoms with Gasteiger partial charge in [0.1, 0.15) is 6.07 Å².